The minimum absolute atomic E-state index is 0.207. The van der Waals surface area contributed by atoms with Crippen LogP contribution in [-0.2, 0) is 15.1 Å². The molecule has 166 valence electrons. The number of carbonyl (C=O) groups excluding carboxylic acids is 2. The number of para-hydroxylation sites is 2. The molecule has 0 N–H and O–H groups in total. The van der Waals surface area contributed by atoms with Gasteiger partial charge in [0, 0.05) is 24.7 Å². The number of allylic oxidation sites excluding steroid dienone is 1. The summed E-state index contributed by atoms with van der Waals surface area (Å²) in [5, 5.41) is 0. The topological polar surface area (TPSA) is 86.3 Å². The van der Waals surface area contributed by atoms with Gasteiger partial charge in [0.25, 0.3) is 5.91 Å². The Kier molecular flexibility index (Phi) is 3.64. The number of nitrogens with zero attached hydrogens (tertiary/aromatic N) is 4. The van der Waals surface area contributed by atoms with Gasteiger partial charge in [-0.2, -0.15) is 4.68 Å². The standard InChI is InChI=1S/C25H22N4O4/c1-24(2)13-18-20(19(30)14-24)25(16-11-7-8-12-17(16)26(3)21(25)31)29-23(33)27(22(32)28(18)29)15-9-5-4-6-10-15/h4-12H,13-14H2,1-3H3. The average Bonchev–Trinajstić information content (AvgIpc) is 3.31. The van der Waals surface area contributed by atoms with Crippen molar-refractivity contribution in [3.8, 4) is 5.69 Å². The zero-order chi connectivity index (χ0) is 23.3. The second kappa shape index (κ2) is 6.10. The Balaban J connectivity index is 1.81. The van der Waals surface area contributed by atoms with E-state index in [1.165, 1.54) is 14.3 Å². The van der Waals surface area contributed by atoms with Gasteiger partial charge in [-0.1, -0.05) is 50.2 Å². The molecule has 1 aromatic heterocycles. The average molecular weight is 442 g/mol. The van der Waals surface area contributed by atoms with Gasteiger partial charge in [-0.05, 0) is 30.0 Å². The summed E-state index contributed by atoms with van der Waals surface area (Å²) in [4.78, 5) is 56.7. The molecule has 3 aromatic rings. The quantitative estimate of drug-likeness (QED) is 0.578. The third kappa shape index (κ3) is 2.20. The third-order valence-corrected chi connectivity index (χ3v) is 7.02. The summed E-state index contributed by atoms with van der Waals surface area (Å²) < 4.78 is 3.57. The second-order valence-electron chi connectivity index (χ2n) is 9.71. The van der Waals surface area contributed by atoms with Crippen molar-refractivity contribution in [3.63, 3.8) is 0 Å². The Morgan fingerprint density at radius 2 is 1.48 bits per heavy atom. The molecule has 1 amide bonds. The van der Waals surface area contributed by atoms with Crippen LogP contribution in [0.2, 0.25) is 0 Å². The largest absolute Gasteiger partial charge is 0.356 e. The summed E-state index contributed by atoms with van der Waals surface area (Å²) in [5.74, 6) is -0.621. The number of anilines is 1. The van der Waals surface area contributed by atoms with Crippen molar-refractivity contribution in [2.75, 3.05) is 11.9 Å². The van der Waals surface area contributed by atoms with Crippen LogP contribution < -0.4 is 16.3 Å². The zero-order valence-electron chi connectivity index (χ0n) is 18.5. The highest BCUT2D eigenvalue weighted by molar-refractivity contribution is 6.19. The fraction of sp³-hybridized carbons (Fsp3) is 0.280. The Hall–Kier alpha value is -3.94. The summed E-state index contributed by atoms with van der Waals surface area (Å²) in [6.45, 7) is 3.91. The van der Waals surface area contributed by atoms with E-state index in [0.717, 1.165) is 4.57 Å². The SMILES string of the molecule is CN1C(=O)C2(C3=C(CC(C)(C)CC3=O)n3c(=O)n(-c4ccccc4)c(=O)n32)c2ccccc21. The van der Waals surface area contributed by atoms with E-state index >= 15 is 0 Å². The van der Waals surface area contributed by atoms with Crippen molar-refractivity contribution in [2.24, 2.45) is 5.41 Å². The first-order valence-electron chi connectivity index (χ1n) is 10.9. The number of rotatable bonds is 1. The smallest absolute Gasteiger partial charge is 0.312 e. The Morgan fingerprint density at radius 1 is 0.818 bits per heavy atom. The lowest BCUT2D eigenvalue weighted by Crippen LogP contribution is -2.51. The van der Waals surface area contributed by atoms with Crippen LogP contribution in [0, 0.1) is 5.41 Å². The number of Topliss-reactive ketones (excluding diaryl/α,β-unsaturated/α-hetero) is 1. The van der Waals surface area contributed by atoms with Crippen molar-refractivity contribution >= 4 is 23.1 Å². The van der Waals surface area contributed by atoms with Gasteiger partial charge in [0.05, 0.1) is 17.0 Å². The predicted octanol–water partition coefficient (Wildman–Crippen LogP) is 2.13. The van der Waals surface area contributed by atoms with E-state index in [1.54, 1.807) is 55.6 Å². The van der Waals surface area contributed by atoms with Crippen LogP contribution in [0.1, 0.15) is 32.3 Å². The monoisotopic (exact) mass is 442 g/mol. The van der Waals surface area contributed by atoms with Crippen LogP contribution in [0.5, 0.6) is 0 Å². The number of aromatic nitrogens is 3. The molecule has 8 heteroatoms. The van der Waals surface area contributed by atoms with Crippen LogP contribution in [-0.4, -0.2) is 32.7 Å². The summed E-state index contributed by atoms with van der Waals surface area (Å²) in [7, 11) is 1.63. The molecule has 2 aliphatic heterocycles. The molecule has 1 unspecified atom stereocenters. The lowest BCUT2D eigenvalue weighted by Gasteiger charge is -2.32. The first-order chi connectivity index (χ1) is 15.7. The zero-order valence-corrected chi connectivity index (χ0v) is 18.5. The van der Waals surface area contributed by atoms with Crippen molar-refractivity contribution in [1.82, 2.24) is 13.9 Å². The molecule has 0 bridgehead atoms. The van der Waals surface area contributed by atoms with Crippen LogP contribution in [0.25, 0.3) is 11.4 Å². The fourth-order valence-corrected chi connectivity index (χ4v) is 5.74. The van der Waals surface area contributed by atoms with Gasteiger partial charge in [0.15, 0.2) is 5.78 Å². The van der Waals surface area contributed by atoms with Gasteiger partial charge in [-0.3, -0.25) is 9.59 Å². The van der Waals surface area contributed by atoms with E-state index in [9.17, 15) is 19.2 Å². The maximum absolute atomic E-state index is 14.0. The first kappa shape index (κ1) is 19.7. The summed E-state index contributed by atoms with van der Waals surface area (Å²) in [6.07, 6.45) is 0.631. The molecular weight excluding hydrogens is 420 g/mol. The van der Waals surface area contributed by atoms with Gasteiger partial charge < -0.3 is 4.90 Å². The number of benzene rings is 2. The minimum atomic E-state index is -1.69. The number of carbonyl (C=O) groups is 2. The van der Waals surface area contributed by atoms with Gasteiger partial charge in [0.1, 0.15) is 0 Å². The molecule has 0 fully saturated rings. The second-order valence-corrected chi connectivity index (χ2v) is 9.71. The Morgan fingerprint density at radius 3 is 2.21 bits per heavy atom. The van der Waals surface area contributed by atoms with Crippen molar-refractivity contribution in [1.29, 1.82) is 0 Å². The predicted molar refractivity (Wildman–Crippen MR) is 122 cm³/mol. The van der Waals surface area contributed by atoms with E-state index in [2.05, 4.69) is 0 Å². The van der Waals surface area contributed by atoms with Gasteiger partial charge >= 0.3 is 11.4 Å². The maximum atomic E-state index is 14.0. The highest BCUT2D eigenvalue weighted by Crippen LogP contribution is 2.54. The molecule has 3 heterocycles. The molecule has 6 rings (SSSR count). The maximum Gasteiger partial charge on any atom is 0.356 e. The molecular formula is C25H22N4O4. The first-order valence-corrected chi connectivity index (χ1v) is 10.9. The number of likely N-dealkylation sites (N-methyl/N-ethyl adjacent to an activating group) is 1. The molecule has 1 atom stereocenters. The number of hydrogen-bond donors (Lipinski definition) is 0. The van der Waals surface area contributed by atoms with Crippen LogP contribution in [0.3, 0.4) is 0 Å². The van der Waals surface area contributed by atoms with Gasteiger partial charge in [-0.25, -0.2) is 18.8 Å². The van der Waals surface area contributed by atoms with E-state index in [1.807, 2.05) is 19.9 Å². The number of hydrogen-bond acceptors (Lipinski definition) is 4. The molecule has 0 radical (unpaired) electrons. The molecule has 1 spiro atoms. The lowest BCUT2D eigenvalue weighted by molar-refractivity contribution is -0.126. The van der Waals surface area contributed by atoms with E-state index in [4.69, 9.17) is 0 Å². The highest BCUT2D eigenvalue weighted by atomic mass is 16.2. The molecule has 2 aromatic carbocycles. The third-order valence-electron chi connectivity index (χ3n) is 7.02. The number of fused-ring (bicyclic) bond motifs is 6. The Labute approximate surface area is 189 Å². The lowest BCUT2D eigenvalue weighted by atomic mass is 9.70. The van der Waals surface area contributed by atoms with Gasteiger partial charge in [0.2, 0.25) is 5.54 Å². The number of amides is 1. The van der Waals surface area contributed by atoms with Crippen LogP contribution in [0.4, 0.5) is 5.69 Å². The molecule has 0 saturated carbocycles. The molecule has 1 aliphatic carbocycles. The van der Waals surface area contributed by atoms with E-state index in [-0.39, 0.29) is 17.8 Å². The van der Waals surface area contributed by atoms with Crippen LogP contribution >= 0.6 is 0 Å². The molecule has 0 saturated heterocycles. The molecule has 3 aliphatic rings. The van der Waals surface area contributed by atoms with Crippen molar-refractivity contribution < 1.29 is 9.59 Å². The highest BCUT2D eigenvalue weighted by Gasteiger charge is 2.64. The molecule has 33 heavy (non-hydrogen) atoms. The van der Waals surface area contributed by atoms with Gasteiger partial charge in [-0.15, -0.1) is 0 Å². The van der Waals surface area contributed by atoms with E-state index in [0.29, 0.717) is 29.1 Å². The summed E-state index contributed by atoms with van der Waals surface area (Å²) in [6, 6.07) is 15.8. The van der Waals surface area contributed by atoms with Crippen molar-refractivity contribution in [2.45, 2.75) is 32.2 Å². The normalized spacial score (nSPS) is 22.7. The Bertz CT molecular complexity index is 1540. The van der Waals surface area contributed by atoms with Crippen molar-refractivity contribution in [3.05, 3.63) is 86.7 Å². The number of ketones is 1. The van der Waals surface area contributed by atoms with Crippen LogP contribution in [0.15, 0.2) is 69.8 Å². The minimum Gasteiger partial charge on any atom is -0.312 e. The van der Waals surface area contributed by atoms with E-state index < -0.39 is 28.2 Å². The molecule has 8 nitrogen and oxygen atoms in total. The summed E-state index contributed by atoms with van der Waals surface area (Å²) in [5.41, 5.74) is -1.08. The fourth-order valence-electron chi connectivity index (χ4n) is 5.74. The summed E-state index contributed by atoms with van der Waals surface area (Å²) >= 11 is 0.